The van der Waals surface area contributed by atoms with Gasteiger partial charge in [-0.15, -0.1) is 10.2 Å². The first-order valence-corrected chi connectivity index (χ1v) is 5.53. The van der Waals surface area contributed by atoms with E-state index in [1.54, 1.807) is 0 Å². The number of nitrogens with zero attached hydrogens (tertiary/aromatic N) is 3. The number of aromatic nitrogens is 3. The molecule has 2 aromatic rings. The number of hydrogen-bond acceptors (Lipinski definition) is 4. The molecule has 0 saturated carbocycles. The van der Waals surface area contributed by atoms with Gasteiger partial charge in [0, 0.05) is 24.8 Å². The molecular weight excluding hydrogens is 216 g/mol. The van der Waals surface area contributed by atoms with E-state index in [9.17, 15) is 0 Å². The van der Waals surface area contributed by atoms with Gasteiger partial charge in [0.1, 0.15) is 5.82 Å². The van der Waals surface area contributed by atoms with Crippen LogP contribution in [-0.4, -0.2) is 33.0 Å². The molecule has 0 fully saturated rings. The molecule has 17 heavy (non-hydrogen) atoms. The molecule has 0 aliphatic carbocycles. The normalized spacial score (nSPS) is 10.5. The van der Waals surface area contributed by atoms with Gasteiger partial charge < -0.3 is 15.0 Å². The van der Waals surface area contributed by atoms with E-state index in [4.69, 9.17) is 5.11 Å². The molecule has 0 aliphatic heterocycles. The highest BCUT2D eigenvalue weighted by atomic mass is 16.3. The van der Waals surface area contributed by atoms with Crippen molar-refractivity contribution in [3.8, 4) is 11.4 Å². The molecule has 5 heteroatoms. The zero-order valence-corrected chi connectivity index (χ0v) is 10.0. The number of hydrogen-bond donors (Lipinski definition) is 2. The molecule has 1 aromatic heterocycles. The van der Waals surface area contributed by atoms with E-state index in [1.165, 1.54) is 0 Å². The van der Waals surface area contributed by atoms with Crippen LogP contribution in [0, 0.1) is 6.92 Å². The van der Waals surface area contributed by atoms with Gasteiger partial charge in [-0.3, -0.25) is 0 Å². The fourth-order valence-electron chi connectivity index (χ4n) is 1.60. The van der Waals surface area contributed by atoms with E-state index in [2.05, 4.69) is 15.5 Å². The Morgan fingerprint density at radius 3 is 2.47 bits per heavy atom. The summed E-state index contributed by atoms with van der Waals surface area (Å²) in [6, 6.07) is 7.91. The summed E-state index contributed by atoms with van der Waals surface area (Å²) in [6.45, 7) is 2.61. The van der Waals surface area contributed by atoms with E-state index in [1.807, 2.05) is 42.8 Å². The minimum absolute atomic E-state index is 0.129. The summed E-state index contributed by atoms with van der Waals surface area (Å²) in [6.07, 6.45) is 0. The zero-order valence-electron chi connectivity index (χ0n) is 10.0. The van der Waals surface area contributed by atoms with Gasteiger partial charge >= 0.3 is 0 Å². The molecule has 0 saturated heterocycles. The van der Waals surface area contributed by atoms with Crippen LogP contribution in [0.25, 0.3) is 11.4 Å². The van der Waals surface area contributed by atoms with Crippen molar-refractivity contribution in [2.45, 2.75) is 6.92 Å². The van der Waals surface area contributed by atoms with Gasteiger partial charge in [0.05, 0.1) is 6.61 Å². The van der Waals surface area contributed by atoms with Crippen LogP contribution < -0.4 is 5.32 Å². The molecule has 0 radical (unpaired) electrons. The van der Waals surface area contributed by atoms with Gasteiger partial charge in [-0.05, 0) is 31.2 Å². The number of aryl methyl sites for hydroxylation is 1. The fraction of sp³-hybridized carbons (Fsp3) is 0.333. The second kappa shape index (κ2) is 4.97. The number of nitrogens with one attached hydrogen (secondary N) is 1. The first-order valence-electron chi connectivity index (χ1n) is 5.53. The summed E-state index contributed by atoms with van der Waals surface area (Å²) in [7, 11) is 1.95. The third kappa shape index (κ3) is 2.45. The van der Waals surface area contributed by atoms with Crippen molar-refractivity contribution in [3.05, 3.63) is 30.1 Å². The highest BCUT2D eigenvalue weighted by molar-refractivity contribution is 5.60. The molecular formula is C12H16N4O. The number of benzene rings is 1. The summed E-state index contributed by atoms with van der Waals surface area (Å²) >= 11 is 0. The summed E-state index contributed by atoms with van der Waals surface area (Å²) in [5, 5.41) is 20.0. The van der Waals surface area contributed by atoms with Crippen LogP contribution in [-0.2, 0) is 7.05 Å². The van der Waals surface area contributed by atoms with Crippen molar-refractivity contribution in [1.82, 2.24) is 14.8 Å². The number of aliphatic hydroxyl groups is 1. The highest BCUT2D eigenvalue weighted by Crippen LogP contribution is 2.19. The predicted octanol–water partition coefficient (Wildman–Crippen LogP) is 1.19. The largest absolute Gasteiger partial charge is 0.395 e. The molecule has 0 atom stereocenters. The molecule has 0 spiro atoms. The highest BCUT2D eigenvalue weighted by Gasteiger charge is 2.06. The van der Waals surface area contributed by atoms with E-state index >= 15 is 0 Å². The Morgan fingerprint density at radius 1 is 1.24 bits per heavy atom. The van der Waals surface area contributed by atoms with Crippen molar-refractivity contribution in [3.63, 3.8) is 0 Å². The molecule has 1 heterocycles. The summed E-state index contributed by atoms with van der Waals surface area (Å²) < 4.78 is 1.95. The van der Waals surface area contributed by atoms with Crippen LogP contribution in [0.4, 0.5) is 5.69 Å². The Morgan fingerprint density at radius 2 is 1.94 bits per heavy atom. The van der Waals surface area contributed by atoms with E-state index < -0.39 is 0 Å². The van der Waals surface area contributed by atoms with E-state index in [0.29, 0.717) is 6.54 Å². The first-order chi connectivity index (χ1) is 8.22. The molecule has 5 nitrogen and oxygen atoms in total. The van der Waals surface area contributed by atoms with Crippen LogP contribution in [0.5, 0.6) is 0 Å². The maximum absolute atomic E-state index is 8.72. The Hall–Kier alpha value is -1.88. The molecule has 1 aromatic carbocycles. The summed E-state index contributed by atoms with van der Waals surface area (Å²) in [5.41, 5.74) is 2.02. The second-order valence-corrected chi connectivity index (χ2v) is 3.86. The molecule has 2 rings (SSSR count). The lowest BCUT2D eigenvalue weighted by Crippen LogP contribution is -2.05. The maximum atomic E-state index is 8.72. The molecule has 90 valence electrons. The quantitative estimate of drug-likeness (QED) is 0.831. The van der Waals surface area contributed by atoms with Gasteiger partial charge in [-0.2, -0.15) is 0 Å². The fourth-order valence-corrected chi connectivity index (χ4v) is 1.60. The van der Waals surface area contributed by atoms with Crippen molar-refractivity contribution in [2.75, 3.05) is 18.5 Å². The van der Waals surface area contributed by atoms with Crippen molar-refractivity contribution >= 4 is 5.69 Å². The second-order valence-electron chi connectivity index (χ2n) is 3.86. The monoisotopic (exact) mass is 232 g/mol. The van der Waals surface area contributed by atoms with Gasteiger partial charge in [0.2, 0.25) is 0 Å². The standard InChI is InChI=1S/C12H16N4O/c1-9-14-15-12(16(9)2)10-3-5-11(6-4-10)13-7-8-17/h3-6,13,17H,7-8H2,1-2H3. The Labute approximate surface area is 100 Å². The summed E-state index contributed by atoms with van der Waals surface area (Å²) in [5.74, 6) is 1.75. The van der Waals surface area contributed by atoms with Gasteiger partial charge in [0.25, 0.3) is 0 Å². The van der Waals surface area contributed by atoms with Crippen molar-refractivity contribution < 1.29 is 5.11 Å². The average Bonchev–Trinajstić information content (AvgIpc) is 2.68. The topological polar surface area (TPSA) is 63.0 Å². The SMILES string of the molecule is Cc1nnc(-c2ccc(NCCO)cc2)n1C. The van der Waals surface area contributed by atoms with Gasteiger partial charge in [0.15, 0.2) is 5.82 Å². The molecule has 2 N–H and O–H groups in total. The average molecular weight is 232 g/mol. The molecule has 0 aliphatic rings. The lowest BCUT2D eigenvalue weighted by molar-refractivity contribution is 0.311. The Kier molecular flexibility index (Phi) is 3.39. The Balaban J connectivity index is 2.20. The minimum Gasteiger partial charge on any atom is -0.395 e. The Bertz CT molecular complexity index is 490. The predicted molar refractivity (Wildman–Crippen MR) is 66.8 cm³/mol. The third-order valence-corrected chi connectivity index (χ3v) is 2.68. The van der Waals surface area contributed by atoms with E-state index in [-0.39, 0.29) is 6.61 Å². The number of anilines is 1. The van der Waals surface area contributed by atoms with Crippen LogP contribution >= 0.6 is 0 Å². The lowest BCUT2D eigenvalue weighted by Gasteiger charge is -2.06. The third-order valence-electron chi connectivity index (χ3n) is 2.68. The molecule has 0 amide bonds. The van der Waals surface area contributed by atoms with Crippen LogP contribution in [0.2, 0.25) is 0 Å². The van der Waals surface area contributed by atoms with Gasteiger partial charge in [-0.1, -0.05) is 0 Å². The van der Waals surface area contributed by atoms with Crippen LogP contribution in [0.1, 0.15) is 5.82 Å². The van der Waals surface area contributed by atoms with Crippen molar-refractivity contribution in [2.24, 2.45) is 7.05 Å². The number of aliphatic hydroxyl groups excluding tert-OH is 1. The number of rotatable bonds is 4. The lowest BCUT2D eigenvalue weighted by atomic mass is 10.2. The van der Waals surface area contributed by atoms with E-state index in [0.717, 1.165) is 22.9 Å². The maximum Gasteiger partial charge on any atom is 0.163 e. The van der Waals surface area contributed by atoms with Gasteiger partial charge in [-0.25, -0.2) is 0 Å². The van der Waals surface area contributed by atoms with Crippen molar-refractivity contribution in [1.29, 1.82) is 0 Å². The smallest absolute Gasteiger partial charge is 0.163 e. The van der Waals surface area contributed by atoms with Crippen LogP contribution in [0.3, 0.4) is 0 Å². The zero-order chi connectivity index (χ0) is 12.3. The van der Waals surface area contributed by atoms with Crippen LogP contribution in [0.15, 0.2) is 24.3 Å². The minimum atomic E-state index is 0.129. The molecule has 0 unspecified atom stereocenters. The molecule has 0 bridgehead atoms. The summed E-state index contributed by atoms with van der Waals surface area (Å²) in [4.78, 5) is 0. The first kappa shape index (κ1) is 11.6.